The maximum atomic E-state index is 10.3. The molecule has 1 heterocycles. The second-order valence-corrected chi connectivity index (χ2v) is 4.40. The summed E-state index contributed by atoms with van der Waals surface area (Å²) in [6.45, 7) is 4.13. The predicted molar refractivity (Wildman–Crippen MR) is 68.4 cm³/mol. The number of aliphatic hydroxyl groups is 1. The van der Waals surface area contributed by atoms with E-state index < -0.39 is 6.10 Å². The summed E-state index contributed by atoms with van der Waals surface area (Å²) in [6.07, 6.45) is 2.20. The Hall–Kier alpha value is -1.61. The molecular formula is C14H18N2O. The van der Waals surface area contributed by atoms with E-state index in [4.69, 9.17) is 0 Å². The molecule has 2 rings (SSSR count). The number of nitrogens with zero attached hydrogens (tertiary/aromatic N) is 1. The minimum absolute atomic E-state index is 0.232. The van der Waals surface area contributed by atoms with Crippen LogP contribution >= 0.6 is 0 Å². The van der Waals surface area contributed by atoms with Crippen molar-refractivity contribution < 1.29 is 5.11 Å². The van der Waals surface area contributed by atoms with E-state index in [2.05, 4.69) is 17.1 Å². The summed E-state index contributed by atoms with van der Waals surface area (Å²) in [5.41, 5.74) is 2.85. The fourth-order valence-electron chi connectivity index (χ4n) is 1.89. The molecule has 0 saturated heterocycles. The van der Waals surface area contributed by atoms with Gasteiger partial charge in [-0.25, -0.2) is 0 Å². The molecule has 0 saturated carbocycles. The first-order valence-corrected chi connectivity index (χ1v) is 6.00. The van der Waals surface area contributed by atoms with E-state index in [9.17, 15) is 5.11 Å². The van der Waals surface area contributed by atoms with Gasteiger partial charge in [0, 0.05) is 5.56 Å². The quantitative estimate of drug-likeness (QED) is 0.847. The fraction of sp³-hybridized carbons (Fsp3) is 0.357. The van der Waals surface area contributed by atoms with E-state index in [1.165, 1.54) is 0 Å². The fourth-order valence-corrected chi connectivity index (χ4v) is 1.89. The summed E-state index contributed by atoms with van der Waals surface area (Å²) < 4.78 is 0. The van der Waals surface area contributed by atoms with Crippen LogP contribution in [0.5, 0.6) is 0 Å². The number of aliphatic hydroxyl groups excluding tert-OH is 1. The molecule has 2 unspecified atom stereocenters. The highest BCUT2D eigenvalue weighted by atomic mass is 16.3. The van der Waals surface area contributed by atoms with Gasteiger partial charge in [0.05, 0.1) is 18.0 Å². The van der Waals surface area contributed by atoms with Crippen LogP contribution in [0.15, 0.2) is 36.5 Å². The van der Waals surface area contributed by atoms with Crippen molar-refractivity contribution in [2.24, 2.45) is 5.92 Å². The third-order valence-corrected chi connectivity index (χ3v) is 3.23. The summed E-state index contributed by atoms with van der Waals surface area (Å²) in [4.78, 5) is 0. The highest BCUT2D eigenvalue weighted by molar-refractivity contribution is 5.62. The average molecular weight is 230 g/mol. The molecule has 3 heteroatoms. The molecule has 1 aromatic heterocycles. The molecule has 0 aliphatic rings. The van der Waals surface area contributed by atoms with Crippen molar-refractivity contribution in [2.75, 3.05) is 0 Å². The molecule has 0 fully saturated rings. The van der Waals surface area contributed by atoms with Gasteiger partial charge < -0.3 is 5.11 Å². The smallest absolute Gasteiger partial charge is 0.0852 e. The molecule has 1 aromatic carbocycles. The average Bonchev–Trinajstić information content (AvgIpc) is 2.87. The minimum Gasteiger partial charge on any atom is -0.388 e. The third kappa shape index (κ3) is 2.39. The zero-order valence-electron chi connectivity index (χ0n) is 10.2. The summed E-state index contributed by atoms with van der Waals surface area (Å²) in [5, 5.41) is 17.3. The monoisotopic (exact) mass is 230 g/mol. The molecule has 17 heavy (non-hydrogen) atoms. The Kier molecular flexibility index (Phi) is 3.59. The van der Waals surface area contributed by atoms with Crippen LogP contribution in [0, 0.1) is 5.92 Å². The van der Waals surface area contributed by atoms with Gasteiger partial charge >= 0.3 is 0 Å². The van der Waals surface area contributed by atoms with Crippen LogP contribution in [0.3, 0.4) is 0 Å². The van der Waals surface area contributed by atoms with Gasteiger partial charge in [-0.1, -0.05) is 50.6 Å². The molecule has 0 radical (unpaired) electrons. The number of hydrogen-bond donors (Lipinski definition) is 2. The van der Waals surface area contributed by atoms with Gasteiger partial charge in [0.15, 0.2) is 0 Å². The van der Waals surface area contributed by atoms with Crippen molar-refractivity contribution in [2.45, 2.75) is 26.4 Å². The zero-order valence-corrected chi connectivity index (χ0v) is 10.2. The first kappa shape index (κ1) is 11.9. The molecule has 2 aromatic rings. The lowest BCUT2D eigenvalue weighted by molar-refractivity contribution is 0.116. The molecular weight excluding hydrogens is 212 g/mol. The van der Waals surface area contributed by atoms with Gasteiger partial charge in [0.2, 0.25) is 0 Å². The first-order chi connectivity index (χ1) is 8.24. The third-order valence-electron chi connectivity index (χ3n) is 3.23. The van der Waals surface area contributed by atoms with E-state index in [0.717, 1.165) is 23.2 Å². The van der Waals surface area contributed by atoms with Gasteiger partial charge in [0.1, 0.15) is 0 Å². The topological polar surface area (TPSA) is 48.9 Å². The molecule has 0 aliphatic heterocycles. The van der Waals surface area contributed by atoms with Crippen LogP contribution in [0.4, 0.5) is 0 Å². The van der Waals surface area contributed by atoms with Gasteiger partial charge in [-0.15, -0.1) is 0 Å². The van der Waals surface area contributed by atoms with E-state index >= 15 is 0 Å². The summed E-state index contributed by atoms with van der Waals surface area (Å²) in [5.74, 6) is 0.232. The van der Waals surface area contributed by atoms with E-state index in [0.29, 0.717) is 0 Å². The van der Waals surface area contributed by atoms with Gasteiger partial charge in [-0.2, -0.15) is 5.10 Å². The number of aromatic amines is 1. The Labute approximate surface area is 102 Å². The number of rotatable bonds is 4. The Morgan fingerprint density at radius 2 is 2.00 bits per heavy atom. The normalized spacial score (nSPS) is 14.5. The molecule has 3 nitrogen and oxygen atoms in total. The second kappa shape index (κ2) is 5.15. The molecule has 90 valence electrons. The molecule has 0 bridgehead atoms. The van der Waals surface area contributed by atoms with Crippen molar-refractivity contribution in [3.63, 3.8) is 0 Å². The van der Waals surface area contributed by atoms with Crippen LogP contribution in [0.25, 0.3) is 11.3 Å². The van der Waals surface area contributed by atoms with Crippen molar-refractivity contribution in [1.29, 1.82) is 0 Å². The second-order valence-electron chi connectivity index (χ2n) is 4.40. The SMILES string of the molecule is CCC(C)C(O)c1cn[nH]c1-c1ccccc1. The maximum Gasteiger partial charge on any atom is 0.0852 e. The van der Waals surface area contributed by atoms with Crippen molar-refractivity contribution in [1.82, 2.24) is 10.2 Å². The molecule has 0 aliphatic carbocycles. The van der Waals surface area contributed by atoms with Crippen LogP contribution < -0.4 is 0 Å². The van der Waals surface area contributed by atoms with Gasteiger partial charge in [-0.3, -0.25) is 5.10 Å². The van der Waals surface area contributed by atoms with E-state index in [1.807, 2.05) is 37.3 Å². The number of benzene rings is 1. The summed E-state index contributed by atoms with van der Waals surface area (Å²) in [6, 6.07) is 9.97. The summed E-state index contributed by atoms with van der Waals surface area (Å²) >= 11 is 0. The van der Waals surface area contributed by atoms with Crippen LogP contribution in [0.1, 0.15) is 31.9 Å². The number of H-pyrrole nitrogens is 1. The van der Waals surface area contributed by atoms with Crippen LogP contribution in [-0.4, -0.2) is 15.3 Å². The lowest BCUT2D eigenvalue weighted by Crippen LogP contribution is -2.08. The number of nitrogens with one attached hydrogen (secondary N) is 1. The Bertz CT molecular complexity index is 464. The summed E-state index contributed by atoms with van der Waals surface area (Å²) in [7, 11) is 0. The highest BCUT2D eigenvalue weighted by Crippen LogP contribution is 2.31. The standard InChI is InChI=1S/C14H18N2O/c1-3-10(2)14(17)12-9-15-16-13(12)11-7-5-4-6-8-11/h4-10,14,17H,3H2,1-2H3,(H,15,16). The van der Waals surface area contributed by atoms with Crippen molar-refractivity contribution >= 4 is 0 Å². The number of hydrogen-bond acceptors (Lipinski definition) is 2. The Morgan fingerprint density at radius 3 is 2.65 bits per heavy atom. The Morgan fingerprint density at radius 1 is 1.29 bits per heavy atom. The van der Waals surface area contributed by atoms with Crippen molar-refractivity contribution in [3.05, 3.63) is 42.1 Å². The highest BCUT2D eigenvalue weighted by Gasteiger charge is 2.20. The van der Waals surface area contributed by atoms with Gasteiger partial charge in [0.25, 0.3) is 0 Å². The molecule has 2 atom stereocenters. The Balaban J connectivity index is 2.35. The van der Waals surface area contributed by atoms with Crippen LogP contribution in [0.2, 0.25) is 0 Å². The predicted octanol–water partition coefficient (Wildman–Crippen LogP) is 3.16. The van der Waals surface area contributed by atoms with E-state index in [1.54, 1.807) is 6.20 Å². The lowest BCUT2D eigenvalue weighted by Gasteiger charge is -2.17. The largest absolute Gasteiger partial charge is 0.388 e. The van der Waals surface area contributed by atoms with Crippen molar-refractivity contribution in [3.8, 4) is 11.3 Å². The minimum atomic E-state index is -0.464. The first-order valence-electron chi connectivity index (χ1n) is 6.00. The zero-order chi connectivity index (χ0) is 12.3. The van der Waals surface area contributed by atoms with E-state index in [-0.39, 0.29) is 5.92 Å². The molecule has 0 amide bonds. The molecule has 2 N–H and O–H groups in total. The lowest BCUT2D eigenvalue weighted by atomic mass is 9.94. The van der Waals surface area contributed by atoms with Crippen LogP contribution in [-0.2, 0) is 0 Å². The van der Waals surface area contributed by atoms with Gasteiger partial charge in [-0.05, 0) is 11.5 Å². The molecule has 0 spiro atoms. The number of aromatic nitrogens is 2. The maximum absolute atomic E-state index is 10.3.